The van der Waals surface area contributed by atoms with Crippen LogP contribution in [-0.2, 0) is 11.0 Å². The highest BCUT2D eigenvalue weighted by atomic mass is 35.5. The summed E-state index contributed by atoms with van der Waals surface area (Å²) in [4.78, 5) is 4.15. The van der Waals surface area contributed by atoms with Crippen LogP contribution in [0.1, 0.15) is 44.4 Å². The smallest absolute Gasteiger partial charge is 0.387 e. The van der Waals surface area contributed by atoms with E-state index in [1.165, 1.54) is 18.6 Å². The Bertz CT molecular complexity index is 1100. The van der Waals surface area contributed by atoms with Crippen LogP contribution < -0.4 is 4.74 Å². The van der Waals surface area contributed by atoms with Crippen LogP contribution in [0.15, 0.2) is 35.0 Å². The number of hydrogen-bond donors (Lipinski definition) is 0. The number of halogens is 3. The maximum Gasteiger partial charge on any atom is 0.387 e. The Morgan fingerprint density at radius 2 is 1.84 bits per heavy atom. The van der Waals surface area contributed by atoms with E-state index < -0.39 is 6.61 Å². The summed E-state index contributed by atoms with van der Waals surface area (Å²) < 4.78 is 37.3. The quantitative estimate of drug-likeness (QED) is 0.557. The number of hydrogen-bond acceptors (Lipinski definition) is 6. The van der Waals surface area contributed by atoms with Crippen molar-refractivity contribution >= 4 is 11.6 Å². The summed E-state index contributed by atoms with van der Waals surface area (Å²) >= 11 is 6.03. The van der Waals surface area contributed by atoms with Gasteiger partial charge in [-0.3, -0.25) is 0 Å². The molecular weight excluding hydrogens is 428 g/mol. The Morgan fingerprint density at radius 1 is 1.10 bits per heavy atom. The minimum Gasteiger partial charge on any atom is -0.435 e. The summed E-state index contributed by atoms with van der Waals surface area (Å²) in [6, 6.07) is 6.24. The molecule has 1 aromatic carbocycles. The lowest BCUT2D eigenvalue weighted by Crippen LogP contribution is -2.58. The summed E-state index contributed by atoms with van der Waals surface area (Å²) in [6.07, 6.45) is 8.02. The highest BCUT2D eigenvalue weighted by molar-refractivity contribution is 6.28. The van der Waals surface area contributed by atoms with Gasteiger partial charge in [-0.25, -0.2) is 9.67 Å². The van der Waals surface area contributed by atoms with Crippen molar-refractivity contribution in [3.05, 3.63) is 41.8 Å². The Balaban J connectivity index is 1.32. The van der Waals surface area contributed by atoms with Crippen molar-refractivity contribution in [2.24, 2.45) is 11.8 Å². The van der Waals surface area contributed by atoms with E-state index in [4.69, 9.17) is 16.0 Å². The average molecular weight is 448 g/mol. The molecule has 31 heavy (non-hydrogen) atoms. The van der Waals surface area contributed by atoms with Gasteiger partial charge in [0.05, 0.1) is 11.0 Å². The predicted octanol–water partition coefficient (Wildman–Crippen LogP) is 4.83. The van der Waals surface area contributed by atoms with Crippen LogP contribution in [-0.4, -0.2) is 31.6 Å². The van der Waals surface area contributed by atoms with Crippen molar-refractivity contribution in [1.82, 2.24) is 25.0 Å². The van der Waals surface area contributed by atoms with E-state index in [1.54, 1.807) is 18.5 Å². The lowest BCUT2D eigenvalue weighted by atomic mass is 9.47. The molecule has 0 spiro atoms. The molecule has 10 heteroatoms. The van der Waals surface area contributed by atoms with Gasteiger partial charge in [-0.2, -0.15) is 8.78 Å². The van der Waals surface area contributed by atoms with Crippen molar-refractivity contribution in [2.45, 2.75) is 56.1 Å². The third-order valence-electron chi connectivity index (χ3n) is 7.19. The van der Waals surface area contributed by atoms with Crippen LogP contribution in [0.25, 0.3) is 11.5 Å². The molecule has 7 nitrogen and oxygen atoms in total. The molecule has 0 amide bonds. The molecule has 0 aliphatic heterocycles. The van der Waals surface area contributed by atoms with E-state index in [0.29, 0.717) is 29.2 Å². The molecule has 162 valence electrons. The first kappa shape index (κ1) is 19.2. The standard InChI is InChI=1S/C21H20ClF2N5O2/c22-18-25-11-29(28-18)21-8-12-5-13(9-21)7-20(6-12,10-21)17-27-26-16(31-17)14-1-3-15(4-2-14)30-19(23)24/h1-4,11-13,19H,5-10H2/t12-,13-,20?,21?/m1/s1. The molecule has 4 aliphatic carbocycles. The first-order valence-corrected chi connectivity index (χ1v) is 10.8. The number of ether oxygens (including phenoxy) is 1. The van der Waals surface area contributed by atoms with E-state index in [9.17, 15) is 8.78 Å². The molecule has 4 saturated carbocycles. The van der Waals surface area contributed by atoms with Crippen molar-refractivity contribution in [3.8, 4) is 17.2 Å². The number of rotatable bonds is 5. The van der Waals surface area contributed by atoms with Crippen LogP contribution in [0.3, 0.4) is 0 Å². The molecule has 4 aliphatic rings. The van der Waals surface area contributed by atoms with Crippen LogP contribution >= 0.6 is 11.6 Å². The molecule has 2 aromatic heterocycles. The number of nitrogens with zero attached hydrogens (tertiary/aromatic N) is 5. The van der Waals surface area contributed by atoms with Crippen LogP contribution in [0, 0.1) is 11.8 Å². The van der Waals surface area contributed by atoms with Gasteiger partial charge in [-0.1, -0.05) is 0 Å². The highest BCUT2D eigenvalue weighted by Crippen LogP contribution is 2.64. The summed E-state index contributed by atoms with van der Waals surface area (Å²) in [5.41, 5.74) is 0.363. The fourth-order valence-electron chi connectivity index (χ4n) is 6.54. The van der Waals surface area contributed by atoms with E-state index in [0.717, 1.165) is 32.1 Å². The number of alkyl halides is 2. The second-order valence-corrected chi connectivity index (χ2v) is 9.58. The predicted molar refractivity (Wildman–Crippen MR) is 106 cm³/mol. The Labute approximate surface area is 181 Å². The third kappa shape index (κ3) is 3.12. The topological polar surface area (TPSA) is 78.9 Å². The monoisotopic (exact) mass is 447 g/mol. The minimum absolute atomic E-state index is 0.0907. The highest BCUT2D eigenvalue weighted by Gasteiger charge is 2.61. The largest absolute Gasteiger partial charge is 0.435 e. The molecule has 3 aromatic rings. The van der Waals surface area contributed by atoms with Crippen molar-refractivity contribution in [1.29, 1.82) is 0 Å². The van der Waals surface area contributed by atoms with Crippen molar-refractivity contribution in [3.63, 3.8) is 0 Å². The van der Waals surface area contributed by atoms with Gasteiger partial charge in [0.25, 0.3) is 0 Å². The van der Waals surface area contributed by atoms with Gasteiger partial charge in [0.2, 0.25) is 17.1 Å². The fraction of sp³-hybridized carbons (Fsp3) is 0.524. The number of benzene rings is 1. The second-order valence-electron chi connectivity index (χ2n) is 9.24. The van der Waals surface area contributed by atoms with Gasteiger partial charge in [0.15, 0.2) is 0 Å². The molecule has 2 atom stereocenters. The molecule has 0 N–H and O–H groups in total. The maximum atomic E-state index is 12.4. The Hall–Kier alpha value is -2.55. The van der Waals surface area contributed by atoms with Gasteiger partial charge in [-0.05, 0) is 86.2 Å². The number of aromatic nitrogens is 5. The zero-order valence-corrected chi connectivity index (χ0v) is 17.3. The van der Waals surface area contributed by atoms with Crippen LogP contribution in [0.4, 0.5) is 8.78 Å². The fourth-order valence-corrected chi connectivity index (χ4v) is 6.66. The zero-order valence-electron chi connectivity index (χ0n) is 16.5. The average Bonchev–Trinajstić information content (AvgIpc) is 3.37. The third-order valence-corrected chi connectivity index (χ3v) is 7.36. The summed E-state index contributed by atoms with van der Waals surface area (Å²) in [5, 5.41) is 13.4. The van der Waals surface area contributed by atoms with Gasteiger partial charge < -0.3 is 9.15 Å². The van der Waals surface area contributed by atoms with Gasteiger partial charge >= 0.3 is 6.61 Å². The van der Waals surface area contributed by atoms with E-state index in [2.05, 4.69) is 25.0 Å². The zero-order chi connectivity index (χ0) is 21.2. The first-order chi connectivity index (χ1) is 14.9. The molecule has 7 rings (SSSR count). The molecule has 0 saturated heterocycles. The summed E-state index contributed by atoms with van der Waals surface area (Å²) in [5.74, 6) is 2.27. The first-order valence-electron chi connectivity index (χ1n) is 10.4. The second kappa shape index (κ2) is 6.72. The van der Waals surface area contributed by atoms with Crippen molar-refractivity contribution < 1.29 is 17.9 Å². The van der Waals surface area contributed by atoms with Crippen LogP contribution in [0.2, 0.25) is 5.28 Å². The molecule has 0 unspecified atom stereocenters. The maximum absolute atomic E-state index is 12.4. The van der Waals surface area contributed by atoms with Crippen molar-refractivity contribution in [2.75, 3.05) is 0 Å². The molecule has 2 heterocycles. The summed E-state index contributed by atoms with van der Waals surface area (Å²) in [6.45, 7) is -2.86. The van der Waals surface area contributed by atoms with Crippen LogP contribution in [0.5, 0.6) is 5.75 Å². The lowest BCUT2D eigenvalue weighted by molar-refractivity contribution is -0.0772. The molecule has 4 fully saturated rings. The SMILES string of the molecule is FC(F)Oc1ccc(-c2nnc(C34C[C@H]5C[C@H](C3)CC(n3cnc(Cl)n3)(C5)C4)o2)cc1. The lowest BCUT2D eigenvalue weighted by Gasteiger charge is -2.60. The Morgan fingerprint density at radius 3 is 2.48 bits per heavy atom. The van der Waals surface area contributed by atoms with E-state index >= 15 is 0 Å². The van der Waals surface area contributed by atoms with E-state index in [-0.39, 0.29) is 22.0 Å². The minimum atomic E-state index is -2.86. The molecular formula is C21H20ClF2N5O2. The van der Waals surface area contributed by atoms with Gasteiger partial charge in [0, 0.05) is 5.56 Å². The van der Waals surface area contributed by atoms with Gasteiger partial charge in [-0.15, -0.1) is 15.3 Å². The molecule has 4 bridgehead atoms. The van der Waals surface area contributed by atoms with E-state index in [1.807, 2.05) is 4.68 Å². The normalized spacial score (nSPS) is 31.5. The molecule has 0 radical (unpaired) electrons. The summed E-state index contributed by atoms with van der Waals surface area (Å²) in [7, 11) is 0. The van der Waals surface area contributed by atoms with Gasteiger partial charge in [0.1, 0.15) is 12.1 Å². The Kier molecular flexibility index (Phi) is 4.15.